The molecule has 2 nitrogen and oxygen atoms in total. The van der Waals surface area contributed by atoms with Gasteiger partial charge < -0.3 is 10.2 Å². The van der Waals surface area contributed by atoms with E-state index in [4.69, 9.17) is 0 Å². The zero-order chi connectivity index (χ0) is 10.2. The summed E-state index contributed by atoms with van der Waals surface area (Å²) in [6.45, 7) is 11.0. The Hall–Kier alpha value is -0.0800. The van der Waals surface area contributed by atoms with Gasteiger partial charge in [0.15, 0.2) is 0 Å². The van der Waals surface area contributed by atoms with Crippen LogP contribution in [-0.2, 0) is 0 Å². The molecule has 0 aliphatic heterocycles. The Morgan fingerprint density at radius 3 is 1.25 bits per heavy atom. The maximum Gasteiger partial charge on any atom is 0.0973 e. The van der Waals surface area contributed by atoms with Gasteiger partial charge in [-0.25, -0.2) is 0 Å². The van der Waals surface area contributed by atoms with E-state index in [0.717, 1.165) is 0 Å². The van der Waals surface area contributed by atoms with Crippen LogP contribution in [0.25, 0.3) is 0 Å². The van der Waals surface area contributed by atoms with Crippen molar-refractivity contribution < 1.29 is 10.2 Å². The maximum absolute atomic E-state index is 10.2. The van der Waals surface area contributed by atoms with E-state index in [1.807, 2.05) is 27.7 Å². The van der Waals surface area contributed by atoms with Gasteiger partial charge in [-0.3, -0.25) is 0 Å². The summed E-state index contributed by atoms with van der Waals surface area (Å²) >= 11 is 0. The first kappa shape index (κ1) is 11.9. The molecule has 12 heavy (non-hydrogen) atoms. The first-order valence-electron chi connectivity index (χ1n) is 4.51. The van der Waals surface area contributed by atoms with E-state index in [9.17, 15) is 10.2 Å². The van der Waals surface area contributed by atoms with E-state index in [2.05, 4.69) is 0 Å². The van der Waals surface area contributed by atoms with Gasteiger partial charge in [-0.05, 0) is 25.7 Å². The Bertz CT molecular complexity index is 134. The monoisotopic (exact) mass is 174 g/mol. The van der Waals surface area contributed by atoms with Crippen LogP contribution in [0.1, 0.15) is 48.0 Å². The van der Waals surface area contributed by atoms with E-state index >= 15 is 0 Å². The van der Waals surface area contributed by atoms with Crippen molar-refractivity contribution in [2.24, 2.45) is 5.41 Å². The second kappa shape index (κ2) is 3.00. The molecule has 0 aliphatic rings. The number of hydrogen-bond acceptors (Lipinski definition) is 2. The minimum Gasteiger partial charge on any atom is -0.387 e. The Labute approximate surface area is 75.6 Å². The molecule has 0 fully saturated rings. The van der Waals surface area contributed by atoms with Gasteiger partial charge in [-0.15, -0.1) is 0 Å². The molecule has 0 saturated carbocycles. The highest BCUT2D eigenvalue weighted by Crippen LogP contribution is 2.41. The van der Waals surface area contributed by atoms with Crippen LogP contribution in [0.2, 0.25) is 0 Å². The lowest BCUT2D eigenvalue weighted by Gasteiger charge is -2.47. The van der Waals surface area contributed by atoms with Crippen molar-refractivity contribution in [2.75, 3.05) is 0 Å². The van der Waals surface area contributed by atoms with Crippen molar-refractivity contribution in [3.8, 4) is 0 Å². The molecule has 0 aliphatic carbocycles. The smallest absolute Gasteiger partial charge is 0.0973 e. The van der Waals surface area contributed by atoms with Gasteiger partial charge in [0, 0.05) is 0 Å². The molecule has 0 saturated heterocycles. The highest BCUT2D eigenvalue weighted by atomic mass is 16.4. The van der Waals surface area contributed by atoms with Gasteiger partial charge in [-0.1, -0.05) is 27.7 Å². The third-order valence-corrected chi connectivity index (χ3v) is 2.76. The van der Waals surface area contributed by atoms with Crippen molar-refractivity contribution in [3.63, 3.8) is 0 Å². The quantitative estimate of drug-likeness (QED) is 0.671. The predicted octanol–water partition coefficient (Wildman–Crippen LogP) is 1.94. The van der Waals surface area contributed by atoms with E-state index in [0.29, 0.717) is 6.42 Å². The summed E-state index contributed by atoms with van der Waals surface area (Å²) in [6.07, 6.45) is 0.556. The molecule has 0 spiro atoms. The fourth-order valence-corrected chi connectivity index (χ4v) is 1.88. The lowest BCUT2D eigenvalue weighted by molar-refractivity contribution is -0.188. The molecule has 1 atom stereocenters. The van der Waals surface area contributed by atoms with Crippen molar-refractivity contribution >= 4 is 0 Å². The zero-order valence-corrected chi connectivity index (χ0v) is 9.10. The van der Waals surface area contributed by atoms with E-state index in [-0.39, 0.29) is 5.41 Å². The minimum atomic E-state index is -1.06. The summed E-state index contributed by atoms with van der Waals surface area (Å²) in [5.41, 5.74) is -2.39. The standard InChI is InChI=1S/C10H22O2/c1-7-10(12,8(2,3)4)9(5,6)11/h11-12H,7H2,1-6H3. The highest BCUT2D eigenvalue weighted by molar-refractivity contribution is 5.00. The van der Waals surface area contributed by atoms with Crippen molar-refractivity contribution in [1.29, 1.82) is 0 Å². The van der Waals surface area contributed by atoms with Crippen LogP contribution in [0.4, 0.5) is 0 Å². The molecular weight excluding hydrogens is 152 g/mol. The van der Waals surface area contributed by atoms with Crippen LogP contribution >= 0.6 is 0 Å². The van der Waals surface area contributed by atoms with Crippen LogP contribution in [0.15, 0.2) is 0 Å². The second-order valence-corrected chi connectivity index (χ2v) is 5.02. The first-order valence-corrected chi connectivity index (χ1v) is 4.51. The van der Waals surface area contributed by atoms with Gasteiger partial charge in [-0.2, -0.15) is 0 Å². The molecule has 74 valence electrons. The molecule has 0 rings (SSSR count). The molecular formula is C10H22O2. The lowest BCUT2D eigenvalue weighted by atomic mass is 9.66. The molecule has 0 amide bonds. The predicted molar refractivity (Wildman–Crippen MR) is 51.0 cm³/mol. The van der Waals surface area contributed by atoms with Crippen molar-refractivity contribution in [3.05, 3.63) is 0 Å². The van der Waals surface area contributed by atoms with Gasteiger partial charge in [0.25, 0.3) is 0 Å². The summed E-state index contributed by atoms with van der Waals surface area (Å²) < 4.78 is 0. The van der Waals surface area contributed by atoms with Gasteiger partial charge in [0.2, 0.25) is 0 Å². The highest BCUT2D eigenvalue weighted by Gasteiger charge is 2.49. The van der Waals surface area contributed by atoms with Crippen LogP contribution in [-0.4, -0.2) is 21.4 Å². The molecule has 0 radical (unpaired) electrons. The first-order chi connectivity index (χ1) is 5.06. The van der Waals surface area contributed by atoms with Crippen molar-refractivity contribution in [1.82, 2.24) is 0 Å². The molecule has 1 unspecified atom stereocenters. The van der Waals surface area contributed by atoms with Crippen LogP contribution in [0.3, 0.4) is 0 Å². The summed E-state index contributed by atoms with van der Waals surface area (Å²) in [5.74, 6) is 0. The average Bonchev–Trinajstić information content (AvgIpc) is 1.81. The molecule has 2 heteroatoms. The zero-order valence-electron chi connectivity index (χ0n) is 9.10. The topological polar surface area (TPSA) is 40.5 Å². The normalized spacial score (nSPS) is 19.0. The fourth-order valence-electron chi connectivity index (χ4n) is 1.88. The molecule has 2 N–H and O–H groups in total. The van der Waals surface area contributed by atoms with Crippen LogP contribution < -0.4 is 0 Å². The molecule has 0 aromatic heterocycles. The van der Waals surface area contributed by atoms with E-state index in [1.165, 1.54) is 0 Å². The Kier molecular flexibility index (Phi) is 2.98. The Balaban J connectivity index is 4.95. The van der Waals surface area contributed by atoms with Crippen LogP contribution in [0.5, 0.6) is 0 Å². The molecule has 0 aromatic carbocycles. The van der Waals surface area contributed by atoms with Gasteiger partial charge >= 0.3 is 0 Å². The lowest BCUT2D eigenvalue weighted by Crippen LogP contribution is -2.58. The molecule has 0 aromatic rings. The molecule has 0 heterocycles. The summed E-state index contributed by atoms with van der Waals surface area (Å²) in [5, 5.41) is 20.1. The second-order valence-electron chi connectivity index (χ2n) is 5.02. The minimum absolute atomic E-state index is 0.306. The van der Waals surface area contributed by atoms with Gasteiger partial charge in [0.05, 0.1) is 11.2 Å². The number of rotatable bonds is 2. The maximum atomic E-state index is 10.2. The van der Waals surface area contributed by atoms with E-state index in [1.54, 1.807) is 13.8 Å². The molecule has 0 bridgehead atoms. The largest absolute Gasteiger partial charge is 0.387 e. The SMILES string of the molecule is CCC(O)(C(C)(C)C)C(C)(C)O. The fraction of sp³-hybridized carbons (Fsp3) is 1.00. The van der Waals surface area contributed by atoms with E-state index < -0.39 is 11.2 Å². The Morgan fingerprint density at radius 2 is 1.25 bits per heavy atom. The van der Waals surface area contributed by atoms with Crippen molar-refractivity contribution in [2.45, 2.75) is 59.2 Å². The average molecular weight is 174 g/mol. The third kappa shape index (κ3) is 1.80. The third-order valence-electron chi connectivity index (χ3n) is 2.76. The van der Waals surface area contributed by atoms with Gasteiger partial charge in [0.1, 0.15) is 0 Å². The number of hydrogen-bond donors (Lipinski definition) is 2. The van der Waals surface area contributed by atoms with Crippen LogP contribution in [0, 0.1) is 5.41 Å². The summed E-state index contributed by atoms with van der Waals surface area (Å²) in [7, 11) is 0. The summed E-state index contributed by atoms with van der Waals surface area (Å²) in [4.78, 5) is 0. The Morgan fingerprint density at radius 1 is 0.917 bits per heavy atom. The summed E-state index contributed by atoms with van der Waals surface area (Å²) in [6, 6.07) is 0. The number of aliphatic hydroxyl groups is 2.